The molecule has 0 spiro atoms. The lowest BCUT2D eigenvalue weighted by Crippen LogP contribution is -2.08. The summed E-state index contributed by atoms with van der Waals surface area (Å²) in [4.78, 5) is 8.50. The van der Waals surface area contributed by atoms with Crippen molar-refractivity contribution in [2.45, 2.75) is 19.8 Å². The van der Waals surface area contributed by atoms with Crippen LogP contribution in [0.4, 0.5) is 11.8 Å². The standard InChI is InChI=1S/C25H23ClN4O2/c26-20-10-6-18(7-11-20)15-32-21-12-8-19(9-13-21)23-22(29-25(28)30-24(23)27)16-31-14-17-4-2-1-3-5-17/h1-13H,14-16H2,(H4,27,28,29,30). The summed E-state index contributed by atoms with van der Waals surface area (Å²) in [5.74, 6) is 1.17. The first-order valence-corrected chi connectivity index (χ1v) is 10.5. The molecule has 0 saturated carbocycles. The summed E-state index contributed by atoms with van der Waals surface area (Å²) in [7, 11) is 0. The van der Waals surface area contributed by atoms with Crippen LogP contribution in [-0.2, 0) is 24.6 Å². The van der Waals surface area contributed by atoms with E-state index in [1.54, 1.807) is 0 Å². The van der Waals surface area contributed by atoms with Gasteiger partial charge in [0, 0.05) is 10.6 Å². The molecule has 0 aliphatic carbocycles. The van der Waals surface area contributed by atoms with E-state index in [0.29, 0.717) is 35.3 Å². The predicted molar refractivity (Wildman–Crippen MR) is 127 cm³/mol. The van der Waals surface area contributed by atoms with Gasteiger partial charge in [-0.3, -0.25) is 0 Å². The molecule has 0 bridgehead atoms. The summed E-state index contributed by atoms with van der Waals surface area (Å²) < 4.78 is 11.7. The third-order valence-electron chi connectivity index (χ3n) is 4.84. The van der Waals surface area contributed by atoms with Crippen LogP contribution in [0.5, 0.6) is 5.75 Å². The van der Waals surface area contributed by atoms with Gasteiger partial charge in [-0.05, 0) is 41.0 Å². The third-order valence-corrected chi connectivity index (χ3v) is 5.09. The zero-order valence-electron chi connectivity index (χ0n) is 17.4. The van der Waals surface area contributed by atoms with E-state index in [9.17, 15) is 0 Å². The summed E-state index contributed by atoms with van der Waals surface area (Å²) in [5, 5.41) is 0.699. The van der Waals surface area contributed by atoms with Crippen molar-refractivity contribution in [3.8, 4) is 16.9 Å². The summed E-state index contributed by atoms with van der Waals surface area (Å²) in [6.07, 6.45) is 0. The maximum absolute atomic E-state index is 6.19. The highest BCUT2D eigenvalue weighted by Gasteiger charge is 2.14. The number of nitrogens with zero attached hydrogens (tertiary/aromatic N) is 2. The highest BCUT2D eigenvalue weighted by atomic mass is 35.5. The van der Waals surface area contributed by atoms with Crippen molar-refractivity contribution in [1.82, 2.24) is 9.97 Å². The number of nitrogens with two attached hydrogens (primary N) is 2. The van der Waals surface area contributed by atoms with Crippen LogP contribution < -0.4 is 16.2 Å². The van der Waals surface area contributed by atoms with Crippen molar-refractivity contribution >= 4 is 23.4 Å². The normalized spacial score (nSPS) is 10.8. The molecule has 1 aromatic heterocycles. The molecular formula is C25H23ClN4O2. The fourth-order valence-corrected chi connectivity index (χ4v) is 3.40. The van der Waals surface area contributed by atoms with Crippen LogP contribution >= 0.6 is 11.6 Å². The van der Waals surface area contributed by atoms with Gasteiger partial charge in [0.15, 0.2) is 0 Å². The van der Waals surface area contributed by atoms with Gasteiger partial charge in [-0.2, -0.15) is 4.98 Å². The highest BCUT2D eigenvalue weighted by molar-refractivity contribution is 6.30. The van der Waals surface area contributed by atoms with Gasteiger partial charge in [0.25, 0.3) is 0 Å². The predicted octanol–water partition coefficient (Wildman–Crippen LogP) is 5.26. The van der Waals surface area contributed by atoms with Crippen LogP contribution in [0, 0.1) is 0 Å². The minimum absolute atomic E-state index is 0.118. The molecule has 162 valence electrons. The molecule has 0 aliphatic heterocycles. The van der Waals surface area contributed by atoms with Crippen LogP contribution in [0.25, 0.3) is 11.1 Å². The minimum atomic E-state index is 0.118. The Morgan fingerprint density at radius 1 is 0.719 bits per heavy atom. The fraction of sp³-hybridized carbons (Fsp3) is 0.120. The SMILES string of the molecule is Nc1nc(N)c(-c2ccc(OCc3ccc(Cl)cc3)cc2)c(COCc2ccccc2)n1. The van der Waals surface area contributed by atoms with Gasteiger partial charge < -0.3 is 20.9 Å². The summed E-state index contributed by atoms with van der Waals surface area (Å²) >= 11 is 5.92. The summed E-state index contributed by atoms with van der Waals surface area (Å²) in [6.45, 7) is 1.17. The Morgan fingerprint density at radius 2 is 1.41 bits per heavy atom. The Hall–Kier alpha value is -3.61. The van der Waals surface area contributed by atoms with Crippen molar-refractivity contribution in [2.75, 3.05) is 11.5 Å². The fourth-order valence-electron chi connectivity index (χ4n) is 3.27. The van der Waals surface area contributed by atoms with Gasteiger partial charge in [0.05, 0.1) is 18.9 Å². The van der Waals surface area contributed by atoms with E-state index in [2.05, 4.69) is 9.97 Å². The van der Waals surface area contributed by atoms with Crippen molar-refractivity contribution in [3.63, 3.8) is 0 Å². The van der Waals surface area contributed by atoms with Gasteiger partial charge in [-0.15, -0.1) is 0 Å². The molecule has 1 heterocycles. The van der Waals surface area contributed by atoms with E-state index in [1.165, 1.54) is 0 Å². The van der Waals surface area contributed by atoms with Crippen LogP contribution in [0.2, 0.25) is 5.02 Å². The van der Waals surface area contributed by atoms with E-state index < -0.39 is 0 Å². The molecule has 0 radical (unpaired) electrons. The Bertz CT molecular complexity index is 1170. The monoisotopic (exact) mass is 446 g/mol. The second-order valence-electron chi connectivity index (χ2n) is 7.21. The molecule has 0 fully saturated rings. The van der Waals surface area contributed by atoms with Gasteiger partial charge in [-0.1, -0.05) is 66.2 Å². The quantitative estimate of drug-likeness (QED) is 0.383. The molecule has 0 saturated heterocycles. The number of hydrogen-bond acceptors (Lipinski definition) is 6. The largest absolute Gasteiger partial charge is 0.489 e. The first-order valence-electron chi connectivity index (χ1n) is 10.1. The summed E-state index contributed by atoms with van der Waals surface area (Å²) in [6, 6.07) is 25.1. The number of hydrogen-bond donors (Lipinski definition) is 2. The van der Waals surface area contributed by atoms with Crippen LogP contribution in [0.1, 0.15) is 16.8 Å². The van der Waals surface area contributed by atoms with E-state index >= 15 is 0 Å². The summed E-state index contributed by atoms with van der Waals surface area (Å²) in [5.41, 5.74) is 16.3. The number of ether oxygens (including phenoxy) is 2. The molecular weight excluding hydrogens is 424 g/mol. The van der Waals surface area contributed by atoms with Gasteiger partial charge in [0.1, 0.15) is 18.2 Å². The maximum atomic E-state index is 6.19. The number of anilines is 2. The van der Waals surface area contributed by atoms with Crippen LogP contribution in [-0.4, -0.2) is 9.97 Å². The average Bonchev–Trinajstić information content (AvgIpc) is 2.80. The lowest BCUT2D eigenvalue weighted by atomic mass is 10.0. The number of benzene rings is 3. The number of nitrogen functional groups attached to an aromatic ring is 2. The second kappa shape index (κ2) is 10.1. The Morgan fingerprint density at radius 3 is 2.12 bits per heavy atom. The molecule has 4 N–H and O–H groups in total. The first-order chi connectivity index (χ1) is 15.6. The molecule has 4 aromatic rings. The zero-order chi connectivity index (χ0) is 22.3. The number of halogens is 1. The van der Waals surface area contributed by atoms with E-state index in [1.807, 2.05) is 78.9 Å². The topological polar surface area (TPSA) is 96.3 Å². The minimum Gasteiger partial charge on any atom is -0.489 e. The second-order valence-corrected chi connectivity index (χ2v) is 7.64. The molecule has 0 amide bonds. The van der Waals surface area contributed by atoms with Crippen molar-refractivity contribution < 1.29 is 9.47 Å². The van der Waals surface area contributed by atoms with Crippen LogP contribution in [0.15, 0.2) is 78.9 Å². The molecule has 0 aliphatic rings. The zero-order valence-corrected chi connectivity index (χ0v) is 18.1. The van der Waals surface area contributed by atoms with Gasteiger partial charge in [0.2, 0.25) is 5.95 Å². The van der Waals surface area contributed by atoms with Crippen LogP contribution in [0.3, 0.4) is 0 Å². The van der Waals surface area contributed by atoms with Gasteiger partial charge >= 0.3 is 0 Å². The Labute approximate surface area is 191 Å². The lowest BCUT2D eigenvalue weighted by molar-refractivity contribution is 0.105. The van der Waals surface area contributed by atoms with E-state index in [4.69, 9.17) is 32.5 Å². The molecule has 32 heavy (non-hydrogen) atoms. The molecule has 3 aromatic carbocycles. The molecule has 4 rings (SSSR count). The molecule has 7 heteroatoms. The Balaban J connectivity index is 1.47. The Kier molecular flexibility index (Phi) is 6.84. The smallest absolute Gasteiger partial charge is 0.222 e. The van der Waals surface area contributed by atoms with E-state index in [-0.39, 0.29) is 12.6 Å². The van der Waals surface area contributed by atoms with Crippen molar-refractivity contribution in [2.24, 2.45) is 0 Å². The lowest BCUT2D eigenvalue weighted by Gasteiger charge is -2.13. The van der Waals surface area contributed by atoms with Crippen molar-refractivity contribution in [1.29, 1.82) is 0 Å². The first kappa shape index (κ1) is 21.6. The molecule has 0 unspecified atom stereocenters. The molecule has 6 nitrogen and oxygen atoms in total. The molecule has 0 atom stereocenters. The number of rotatable bonds is 8. The van der Waals surface area contributed by atoms with Crippen molar-refractivity contribution in [3.05, 3.63) is 101 Å². The number of aromatic nitrogens is 2. The third kappa shape index (κ3) is 5.55. The maximum Gasteiger partial charge on any atom is 0.222 e. The average molecular weight is 447 g/mol. The van der Waals surface area contributed by atoms with E-state index in [0.717, 1.165) is 22.4 Å². The van der Waals surface area contributed by atoms with Gasteiger partial charge in [-0.25, -0.2) is 4.98 Å². The highest BCUT2D eigenvalue weighted by Crippen LogP contribution is 2.30.